The van der Waals surface area contributed by atoms with E-state index in [-0.39, 0.29) is 12.3 Å². The van der Waals surface area contributed by atoms with E-state index in [1.165, 1.54) is 7.11 Å². The fourth-order valence-electron chi connectivity index (χ4n) is 3.68. The number of rotatable bonds is 8. The lowest BCUT2D eigenvalue weighted by molar-refractivity contribution is -0.161. The average Bonchev–Trinajstić information content (AvgIpc) is 3.13. The monoisotopic (exact) mass is 455 g/mol. The topological polar surface area (TPSA) is 120 Å². The summed E-state index contributed by atoms with van der Waals surface area (Å²) < 4.78 is 11.0. The lowest BCUT2D eigenvalue weighted by Crippen LogP contribution is -2.35. The lowest BCUT2D eigenvalue weighted by Gasteiger charge is -2.28. The molecule has 3 rings (SSSR count). The fraction of sp³-hybridized carbons (Fsp3) is 0.375. The molecule has 33 heavy (non-hydrogen) atoms. The van der Waals surface area contributed by atoms with Crippen molar-refractivity contribution in [3.8, 4) is 11.5 Å². The summed E-state index contributed by atoms with van der Waals surface area (Å²) in [6.45, 7) is 5.88. The summed E-state index contributed by atoms with van der Waals surface area (Å²) in [6, 6.07) is 9.90. The van der Waals surface area contributed by atoms with Crippen molar-refractivity contribution in [2.24, 2.45) is 5.92 Å². The zero-order chi connectivity index (χ0) is 24.1. The van der Waals surface area contributed by atoms with Crippen LogP contribution >= 0.6 is 0 Å². The first kappa shape index (κ1) is 23.9. The quantitative estimate of drug-likeness (QED) is 0.464. The maximum absolute atomic E-state index is 13.3. The number of nitrogens with two attached hydrogens (primary N) is 1. The molecule has 0 fully saturated rings. The van der Waals surface area contributed by atoms with Crippen molar-refractivity contribution in [1.29, 1.82) is 0 Å². The molecule has 9 heteroatoms. The Kier molecular flexibility index (Phi) is 7.42. The maximum atomic E-state index is 13.3. The molecule has 2 aromatic rings. The average molecular weight is 456 g/mol. The van der Waals surface area contributed by atoms with E-state index in [0.29, 0.717) is 41.5 Å². The number of carbonyl (C=O) groups excluding carboxylic acids is 3. The number of benzene rings is 2. The highest BCUT2D eigenvalue weighted by Crippen LogP contribution is 2.38. The minimum atomic E-state index is -0.660. The van der Waals surface area contributed by atoms with Crippen LogP contribution < -0.4 is 20.7 Å². The summed E-state index contributed by atoms with van der Waals surface area (Å²) in [5.74, 6) is -0.726. The summed E-state index contributed by atoms with van der Waals surface area (Å²) in [6.07, 6.45) is -0.136. The highest BCUT2D eigenvalue weighted by molar-refractivity contribution is 6.03. The second kappa shape index (κ2) is 10.2. The molecule has 0 saturated heterocycles. The van der Waals surface area contributed by atoms with Crippen LogP contribution in [-0.2, 0) is 21.0 Å². The number of fused-ring (bicyclic) bond motifs is 1. The number of anilines is 1. The zero-order valence-corrected chi connectivity index (χ0v) is 19.2. The van der Waals surface area contributed by atoms with E-state index < -0.39 is 23.8 Å². The Morgan fingerprint density at radius 1 is 1.18 bits per heavy atom. The first-order valence-electron chi connectivity index (χ1n) is 10.7. The van der Waals surface area contributed by atoms with Crippen molar-refractivity contribution < 1.29 is 28.7 Å². The number of hydrogen-bond acceptors (Lipinski definition) is 7. The van der Waals surface area contributed by atoms with Crippen LogP contribution in [-0.4, -0.2) is 36.4 Å². The van der Waals surface area contributed by atoms with Gasteiger partial charge in [-0.3, -0.25) is 9.59 Å². The molecule has 1 aliphatic rings. The van der Waals surface area contributed by atoms with Crippen molar-refractivity contribution in [2.45, 2.75) is 39.8 Å². The molecule has 1 atom stereocenters. The Balaban J connectivity index is 1.93. The predicted octanol–water partition coefficient (Wildman–Crippen LogP) is 2.99. The van der Waals surface area contributed by atoms with Gasteiger partial charge in [0.2, 0.25) is 0 Å². The SMILES string of the molecule is CCOc1cc(C(CC(=O)NOC(=O)C(C)C)N2Cc3cccc(N)c3C2=O)ccc1OC. The van der Waals surface area contributed by atoms with E-state index in [4.69, 9.17) is 20.0 Å². The van der Waals surface area contributed by atoms with Gasteiger partial charge in [-0.25, -0.2) is 4.79 Å². The number of ether oxygens (including phenoxy) is 2. The van der Waals surface area contributed by atoms with Crippen LogP contribution in [0.15, 0.2) is 36.4 Å². The van der Waals surface area contributed by atoms with Gasteiger partial charge in [-0.15, -0.1) is 0 Å². The molecule has 3 N–H and O–H groups in total. The minimum Gasteiger partial charge on any atom is -0.493 e. The van der Waals surface area contributed by atoms with Gasteiger partial charge in [0, 0.05) is 12.2 Å². The van der Waals surface area contributed by atoms with Gasteiger partial charge in [0.05, 0.1) is 37.7 Å². The largest absolute Gasteiger partial charge is 0.493 e. The van der Waals surface area contributed by atoms with Crippen LogP contribution in [0.2, 0.25) is 0 Å². The molecule has 1 unspecified atom stereocenters. The van der Waals surface area contributed by atoms with E-state index in [9.17, 15) is 14.4 Å². The Labute approximate surface area is 192 Å². The van der Waals surface area contributed by atoms with E-state index >= 15 is 0 Å². The van der Waals surface area contributed by atoms with Crippen LogP contribution in [0.4, 0.5) is 5.69 Å². The molecule has 9 nitrogen and oxygen atoms in total. The Hall–Kier alpha value is -3.75. The first-order valence-corrected chi connectivity index (χ1v) is 10.7. The highest BCUT2D eigenvalue weighted by Gasteiger charge is 2.36. The molecule has 0 bridgehead atoms. The van der Waals surface area contributed by atoms with Crippen molar-refractivity contribution in [3.05, 3.63) is 53.1 Å². The molecule has 0 radical (unpaired) electrons. The van der Waals surface area contributed by atoms with Gasteiger partial charge in [-0.05, 0) is 36.2 Å². The van der Waals surface area contributed by atoms with E-state index in [1.54, 1.807) is 49.1 Å². The van der Waals surface area contributed by atoms with Crippen LogP contribution in [0.3, 0.4) is 0 Å². The Morgan fingerprint density at radius 3 is 2.58 bits per heavy atom. The fourth-order valence-corrected chi connectivity index (χ4v) is 3.68. The number of carbonyl (C=O) groups is 3. The summed E-state index contributed by atoms with van der Waals surface area (Å²) >= 11 is 0. The zero-order valence-electron chi connectivity index (χ0n) is 19.2. The van der Waals surface area contributed by atoms with Crippen molar-refractivity contribution in [2.75, 3.05) is 19.5 Å². The maximum Gasteiger partial charge on any atom is 0.334 e. The third-order valence-electron chi connectivity index (χ3n) is 5.36. The second-order valence-electron chi connectivity index (χ2n) is 7.98. The second-order valence-corrected chi connectivity index (χ2v) is 7.98. The number of nitrogens with one attached hydrogen (secondary N) is 1. The van der Waals surface area contributed by atoms with Crippen molar-refractivity contribution in [3.63, 3.8) is 0 Å². The molecule has 0 spiro atoms. The van der Waals surface area contributed by atoms with Crippen LogP contribution in [0, 0.1) is 5.92 Å². The number of amides is 2. The molecular formula is C24H29N3O6. The van der Waals surface area contributed by atoms with Gasteiger partial charge in [0.1, 0.15) is 0 Å². The number of hydroxylamine groups is 1. The van der Waals surface area contributed by atoms with Gasteiger partial charge < -0.3 is 24.9 Å². The Bertz CT molecular complexity index is 1050. The number of nitrogens with zero attached hydrogens (tertiary/aromatic N) is 1. The van der Waals surface area contributed by atoms with E-state index in [1.807, 2.05) is 13.0 Å². The summed E-state index contributed by atoms with van der Waals surface area (Å²) in [4.78, 5) is 44.1. The molecule has 0 saturated carbocycles. The standard InChI is InChI=1S/C24H29N3O6/c1-5-32-20-11-15(9-10-19(20)31-4)18(12-21(28)26-33-24(30)14(2)3)27-13-16-7-6-8-17(25)22(16)23(27)29/h6-11,14,18H,5,12-13,25H2,1-4H3,(H,26,28). The van der Waals surface area contributed by atoms with E-state index in [0.717, 1.165) is 5.56 Å². The molecule has 176 valence electrons. The molecule has 0 aromatic heterocycles. The molecule has 2 aromatic carbocycles. The number of hydrogen-bond donors (Lipinski definition) is 2. The normalized spacial score (nSPS) is 13.5. The van der Waals surface area contributed by atoms with Crippen molar-refractivity contribution >= 4 is 23.5 Å². The summed E-state index contributed by atoms with van der Waals surface area (Å²) in [5, 5.41) is 0. The number of methoxy groups -OCH3 is 1. The molecule has 0 aliphatic carbocycles. The third-order valence-corrected chi connectivity index (χ3v) is 5.36. The number of nitrogen functional groups attached to an aromatic ring is 1. The third kappa shape index (κ3) is 5.19. The summed E-state index contributed by atoms with van der Waals surface area (Å²) in [7, 11) is 1.54. The minimum absolute atomic E-state index is 0.136. The lowest BCUT2D eigenvalue weighted by atomic mass is 10.0. The van der Waals surface area contributed by atoms with Crippen molar-refractivity contribution in [1.82, 2.24) is 10.4 Å². The smallest absolute Gasteiger partial charge is 0.334 e. The van der Waals surface area contributed by atoms with Gasteiger partial charge in [-0.1, -0.05) is 32.0 Å². The molecular weight excluding hydrogens is 426 g/mol. The highest BCUT2D eigenvalue weighted by atomic mass is 16.7. The predicted molar refractivity (Wildman–Crippen MR) is 121 cm³/mol. The van der Waals surface area contributed by atoms with Gasteiger partial charge in [-0.2, -0.15) is 5.48 Å². The van der Waals surface area contributed by atoms with Gasteiger partial charge >= 0.3 is 5.97 Å². The molecule has 2 amide bonds. The van der Waals surface area contributed by atoms with Crippen LogP contribution in [0.25, 0.3) is 0 Å². The summed E-state index contributed by atoms with van der Waals surface area (Å²) in [5.41, 5.74) is 10.5. The van der Waals surface area contributed by atoms with E-state index in [2.05, 4.69) is 5.48 Å². The van der Waals surface area contributed by atoms with Crippen LogP contribution in [0.5, 0.6) is 11.5 Å². The Morgan fingerprint density at radius 2 is 1.94 bits per heavy atom. The van der Waals surface area contributed by atoms with Crippen LogP contribution in [0.1, 0.15) is 54.7 Å². The molecule has 1 heterocycles. The van der Waals surface area contributed by atoms with Gasteiger partial charge in [0.25, 0.3) is 11.8 Å². The first-order chi connectivity index (χ1) is 15.8. The van der Waals surface area contributed by atoms with Gasteiger partial charge in [0.15, 0.2) is 11.5 Å². The molecule has 1 aliphatic heterocycles.